The van der Waals surface area contributed by atoms with Crippen molar-refractivity contribution < 1.29 is 4.74 Å². The highest BCUT2D eigenvalue weighted by Gasteiger charge is 2.30. The van der Waals surface area contributed by atoms with Crippen LogP contribution < -0.4 is 5.73 Å². The van der Waals surface area contributed by atoms with E-state index in [4.69, 9.17) is 10.5 Å². The van der Waals surface area contributed by atoms with Crippen LogP contribution in [0.3, 0.4) is 0 Å². The number of thiophene rings is 1. The second-order valence-electron chi connectivity index (χ2n) is 5.06. The molecule has 3 heteroatoms. The van der Waals surface area contributed by atoms with Crippen molar-refractivity contribution in [3.63, 3.8) is 0 Å². The molecular weight excluding hydrogens is 230 g/mol. The number of hydrogen-bond donors (Lipinski definition) is 1. The van der Waals surface area contributed by atoms with E-state index in [1.54, 1.807) is 18.4 Å². The van der Waals surface area contributed by atoms with E-state index in [0.29, 0.717) is 5.92 Å². The van der Waals surface area contributed by atoms with Gasteiger partial charge in [0, 0.05) is 12.0 Å². The molecule has 1 aliphatic rings. The van der Waals surface area contributed by atoms with Gasteiger partial charge in [0.15, 0.2) is 0 Å². The predicted octanol–water partition coefficient (Wildman–Crippen LogP) is 3.65. The number of ether oxygens (including phenoxy) is 1. The molecule has 1 aromatic rings. The Morgan fingerprint density at radius 3 is 2.59 bits per heavy atom. The number of hydrogen-bond acceptors (Lipinski definition) is 3. The average molecular weight is 253 g/mol. The van der Waals surface area contributed by atoms with Gasteiger partial charge in [-0.15, -0.1) is 11.3 Å². The van der Waals surface area contributed by atoms with Crippen LogP contribution in [-0.2, 0) is 4.74 Å². The zero-order valence-corrected chi connectivity index (χ0v) is 11.6. The van der Waals surface area contributed by atoms with Gasteiger partial charge in [0.25, 0.3) is 0 Å². The van der Waals surface area contributed by atoms with Crippen molar-refractivity contribution in [3.8, 4) is 0 Å². The fourth-order valence-electron chi connectivity index (χ4n) is 3.01. The molecule has 0 saturated heterocycles. The molecule has 0 aliphatic heterocycles. The summed E-state index contributed by atoms with van der Waals surface area (Å²) in [7, 11) is 1.81. The van der Waals surface area contributed by atoms with E-state index in [2.05, 4.69) is 18.4 Å². The summed E-state index contributed by atoms with van der Waals surface area (Å²) in [6.45, 7) is 2.15. The first kappa shape index (κ1) is 13.1. The maximum atomic E-state index is 6.41. The Bertz CT molecular complexity index is 344. The fraction of sp³-hybridized carbons (Fsp3) is 0.714. The smallest absolute Gasteiger partial charge is 0.0792 e. The topological polar surface area (TPSA) is 35.2 Å². The third kappa shape index (κ3) is 2.90. The van der Waals surface area contributed by atoms with Crippen molar-refractivity contribution in [2.45, 2.75) is 51.2 Å². The summed E-state index contributed by atoms with van der Waals surface area (Å²) in [5, 5.41) is 2.12. The van der Waals surface area contributed by atoms with Crippen molar-refractivity contribution in [1.82, 2.24) is 0 Å². The molecule has 1 aliphatic carbocycles. The summed E-state index contributed by atoms with van der Waals surface area (Å²) in [4.78, 5) is 1.33. The maximum Gasteiger partial charge on any atom is 0.0792 e. The molecule has 2 rings (SSSR count). The molecule has 2 unspecified atom stereocenters. The minimum atomic E-state index is 0.0364. The normalized spacial score (nSPS) is 21.4. The summed E-state index contributed by atoms with van der Waals surface area (Å²) in [6, 6.07) is 2.19. The van der Waals surface area contributed by atoms with E-state index >= 15 is 0 Å². The first-order valence-corrected chi connectivity index (χ1v) is 7.44. The van der Waals surface area contributed by atoms with Crippen LogP contribution in [0.5, 0.6) is 0 Å². The number of nitrogens with two attached hydrogens (primary N) is 1. The highest BCUT2D eigenvalue weighted by atomic mass is 32.1. The van der Waals surface area contributed by atoms with Gasteiger partial charge in [-0.1, -0.05) is 19.3 Å². The lowest BCUT2D eigenvalue weighted by atomic mass is 9.81. The molecule has 2 atom stereocenters. The van der Waals surface area contributed by atoms with Gasteiger partial charge in [-0.25, -0.2) is 0 Å². The van der Waals surface area contributed by atoms with E-state index in [1.165, 1.54) is 42.5 Å². The molecule has 0 radical (unpaired) electrons. The lowest BCUT2D eigenvalue weighted by molar-refractivity contribution is 0.0172. The molecular formula is C14H23NOS. The highest BCUT2D eigenvalue weighted by Crippen LogP contribution is 2.34. The highest BCUT2D eigenvalue weighted by molar-refractivity contribution is 7.10. The second kappa shape index (κ2) is 5.98. The van der Waals surface area contributed by atoms with Crippen molar-refractivity contribution in [2.24, 2.45) is 11.7 Å². The van der Waals surface area contributed by atoms with Crippen LogP contribution in [-0.4, -0.2) is 13.2 Å². The van der Waals surface area contributed by atoms with Gasteiger partial charge in [0.05, 0.1) is 12.1 Å². The number of aryl methyl sites for hydroxylation is 1. The van der Waals surface area contributed by atoms with Crippen LogP contribution in [0.15, 0.2) is 11.4 Å². The maximum absolute atomic E-state index is 6.41. The standard InChI is InChI=1S/C14H23NOS/c1-10-12(8-9-17-10)13(15)14(16-2)11-6-4-3-5-7-11/h8-9,11,13-14H,3-7,15H2,1-2H3. The summed E-state index contributed by atoms with van der Waals surface area (Å²) in [6.07, 6.45) is 6.77. The number of rotatable bonds is 4. The van der Waals surface area contributed by atoms with Crippen molar-refractivity contribution in [3.05, 3.63) is 21.9 Å². The van der Waals surface area contributed by atoms with Gasteiger partial charge in [0.2, 0.25) is 0 Å². The Morgan fingerprint density at radius 1 is 1.35 bits per heavy atom. The van der Waals surface area contributed by atoms with Crippen LogP contribution in [0.4, 0.5) is 0 Å². The summed E-state index contributed by atoms with van der Waals surface area (Å²) < 4.78 is 5.71. The number of methoxy groups -OCH3 is 1. The molecule has 17 heavy (non-hydrogen) atoms. The van der Waals surface area contributed by atoms with E-state index in [9.17, 15) is 0 Å². The van der Waals surface area contributed by atoms with Gasteiger partial charge < -0.3 is 10.5 Å². The van der Waals surface area contributed by atoms with Gasteiger partial charge in [0.1, 0.15) is 0 Å². The van der Waals surface area contributed by atoms with E-state index < -0.39 is 0 Å². The Hall–Kier alpha value is -0.380. The second-order valence-corrected chi connectivity index (χ2v) is 6.18. The third-order valence-corrected chi connectivity index (χ3v) is 4.86. The molecule has 0 spiro atoms. The van der Waals surface area contributed by atoms with Gasteiger partial charge in [-0.2, -0.15) is 0 Å². The largest absolute Gasteiger partial charge is 0.379 e. The molecule has 1 heterocycles. The lowest BCUT2D eigenvalue weighted by Gasteiger charge is -2.33. The Morgan fingerprint density at radius 2 is 2.06 bits per heavy atom. The Balaban J connectivity index is 2.09. The van der Waals surface area contributed by atoms with Gasteiger partial charge in [-0.05, 0) is 42.7 Å². The van der Waals surface area contributed by atoms with E-state index in [1.807, 2.05) is 0 Å². The summed E-state index contributed by atoms with van der Waals surface area (Å²) in [5.41, 5.74) is 7.68. The molecule has 2 nitrogen and oxygen atoms in total. The van der Waals surface area contributed by atoms with Crippen LogP contribution >= 0.6 is 11.3 Å². The van der Waals surface area contributed by atoms with Crippen molar-refractivity contribution >= 4 is 11.3 Å². The lowest BCUT2D eigenvalue weighted by Crippen LogP contribution is -2.36. The zero-order valence-electron chi connectivity index (χ0n) is 10.8. The third-order valence-electron chi connectivity index (χ3n) is 4.00. The SMILES string of the molecule is COC(C1CCCCC1)C(N)c1ccsc1C. The monoisotopic (exact) mass is 253 g/mol. The van der Waals surface area contributed by atoms with Crippen LogP contribution in [0.25, 0.3) is 0 Å². The molecule has 1 fully saturated rings. The Kier molecular flexibility index (Phi) is 4.60. The summed E-state index contributed by atoms with van der Waals surface area (Å²) >= 11 is 1.77. The molecule has 1 saturated carbocycles. The first-order chi connectivity index (χ1) is 8.24. The quantitative estimate of drug-likeness (QED) is 0.889. The van der Waals surface area contributed by atoms with E-state index in [0.717, 1.165) is 0 Å². The molecule has 0 amide bonds. The molecule has 1 aromatic heterocycles. The Labute approximate surface area is 108 Å². The minimum absolute atomic E-state index is 0.0364. The fourth-order valence-corrected chi connectivity index (χ4v) is 3.77. The molecule has 96 valence electrons. The zero-order chi connectivity index (χ0) is 12.3. The van der Waals surface area contributed by atoms with Crippen LogP contribution in [0.2, 0.25) is 0 Å². The summed E-state index contributed by atoms with van der Waals surface area (Å²) in [5.74, 6) is 0.642. The minimum Gasteiger partial charge on any atom is -0.379 e. The van der Waals surface area contributed by atoms with Crippen molar-refractivity contribution in [2.75, 3.05) is 7.11 Å². The molecule has 0 bridgehead atoms. The van der Waals surface area contributed by atoms with Gasteiger partial charge in [-0.3, -0.25) is 0 Å². The van der Waals surface area contributed by atoms with Crippen molar-refractivity contribution in [1.29, 1.82) is 0 Å². The van der Waals surface area contributed by atoms with Crippen LogP contribution in [0.1, 0.15) is 48.6 Å². The average Bonchev–Trinajstić information content (AvgIpc) is 2.77. The van der Waals surface area contributed by atoms with Gasteiger partial charge >= 0.3 is 0 Å². The van der Waals surface area contributed by atoms with Crippen LogP contribution in [0, 0.1) is 12.8 Å². The predicted molar refractivity (Wildman–Crippen MR) is 73.4 cm³/mol. The molecule has 0 aromatic carbocycles. The molecule has 2 N–H and O–H groups in total. The van der Waals surface area contributed by atoms with E-state index in [-0.39, 0.29) is 12.1 Å². The first-order valence-electron chi connectivity index (χ1n) is 6.56.